The highest BCUT2D eigenvalue weighted by atomic mass is 79.9. The standard InChI is InChI=1S/C16H9BrCl2N4O2/c17-16(6-8-23(22-16)13-11(19)5-2-7-20-13)15-21-12-9(14(24)25-15)3-1-4-10(12)18/h1-8,22H. The van der Waals surface area contributed by atoms with Gasteiger partial charge in [0.25, 0.3) is 0 Å². The lowest BCUT2D eigenvalue weighted by molar-refractivity contribution is 0.394. The van der Waals surface area contributed by atoms with Crippen molar-refractivity contribution >= 4 is 55.9 Å². The zero-order valence-corrected chi connectivity index (χ0v) is 15.5. The molecule has 4 rings (SSSR count). The first kappa shape index (κ1) is 16.5. The van der Waals surface area contributed by atoms with E-state index in [1.807, 2.05) is 0 Å². The lowest BCUT2D eigenvalue weighted by Crippen LogP contribution is -2.41. The Labute approximate surface area is 160 Å². The minimum absolute atomic E-state index is 0.115. The van der Waals surface area contributed by atoms with Crippen molar-refractivity contribution in [3.05, 3.63) is 75.2 Å². The molecular formula is C16H9BrCl2N4O2. The predicted molar refractivity (Wildman–Crippen MR) is 99.9 cm³/mol. The molecule has 9 heteroatoms. The van der Waals surface area contributed by atoms with Crippen LogP contribution in [0.5, 0.6) is 0 Å². The van der Waals surface area contributed by atoms with Crippen molar-refractivity contribution in [2.24, 2.45) is 0 Å². The molecule has 0 radical (unpaired) electrons. The average molecular weight is 440 g/mol. The molecule has 1 aromatic carbocycles. The van der Waals surface area contributed by atoms with Gasteiger partial charge >= 0.3 is 5.63 Å². The Hall–Kier alpha value is -1.93. The second kappa shape index (κ2) is 6.10. The maximum atomic E-state index is 12.3. The van der Waals surface area contributed by atoms with Crippen molar-refractivity contribution < 1.29 is 4.42 Å². The first-order chi connectivity index (χ1) is 12.0. The summed E-state index contributed by atoms with van der Waals surface area (Å²) in [5, 5.41) is 2.76. The maximum absolute atomic E-state index is 12.3. The van der Waals surface area contributed by atoms with Crippen molar-refractivity contribution in [2.45, 2.75) is 4.45 Å². The first-order valence-electron chi connectivity index (χ1n) is 7.14. The minimum Gasteiger partial charge on any atom is -0.404 e. The van der Waals surface area contributed by atoms with Gasteiger partial charge in [-0.15, -0.1) is 0 Å². The average Bonchev–Trinajstić information content (AvgIpc) is 2.99. The van der Waals surface area contributed by atoms with E-state index in [1.54, 1.807) is 53.8 Å². The highest BCUT2D eigenvalue weighted by Crippen LogP contribution is 2.36. The molecule has 1 aliphatic heterocycles. The van der Waals surface area contributed by atoms with Gasteiger partial charge in [0.05, 0.1) is 20.9 Å². The van der Waals surface area contributed by atoms with Crippen molar-refractivity contribution in [3.8, 4) is 0 Å². The largest absolute Gasteiger partial charge is 0.404 e. The molecule has 1 N–H and O–H groups in total. The molecule has 1 atom stereocenters. The summed E-state index contributed by atoms with van der Waals surface area (Å²) in [5.41, 5.74) is 2.96. The van der Waals surface area contributed by atoms with Crippen LogP contribution in [0.15, 0.2) is 58.0 Å². The van der Waals surface area contributed by atoms with Crippen LogP contribution in [-0.4, -0.2) is 9.97 Å². The van der Waals surface area contributed by atoms with Crippen LogP contribution in [-0.2, 0) is 4.45 Å². The number of rotatable bonds is 2. The fourth-order valence-electron chi connectivity index (χ4n) is 2.44. The van der Waals surface area contributed by atoms with Gasteiger partial charge in [0.2, 0.25) is 5.89 Å². The molecule has 0 spiro atoms. The minimum atomic E-state index is -1.04. The van der Waals surface area contributed by atoms with E-state index in [-0.39, 0.29) is 5.89 Å². The summed E-state index contributed by atoms with van der Waals surface area (Å²) in [6, 6.07) is 8.41. The molecule has 0 amide bonds. The van der Waals surface area contributed by atoms with E-state index in [0.29, 0.717) is 26.8 Å². The summed E-state index contributed by atoms with van der Waals surface area (Å²) >= 11 is 15.8. The maximum Gasteiger partial charge on any atom is 0.346 e. The Bertz CT molecular complexity index is 1070. The number of hydrogen-bond acceptors (Lipinski definition) is 6. The number of para-hydroxylation sites is 1. The monoisotopic (exact) mass is 438 g/mol. The SMILES string of the molecule is O=c1oc(C2(Br)C=CN(c3ncccc3Cl)N2)nc2c(Cl)cccc12. The second-order valence-corrected chi connectivity index (χ2v) is 7.33. The number of alkyl halides is 1. The third-order valence-corrected chi connectivity index (χ3v) is 5.01. The number of halogens is 3. The summed E-state index contributed by atoms with van der Waals surface area (Å²) in [7, 11) is 0. The number of fused-ring (bicyclic) bond motifs is 1. The van der Waals surface area contributed by atoms with Crippen LogP contribution in [0.2, 0.25) is 10.0 Å². The van der Waals surface area contributed by atoms with Gasteiger partial charge in [0.15, 0.2) is 10.3 Å². The van der Waals surface area contributed by atoms with E-state index in [1.165, 1.54) is 0 Å². The van der Waals surface area contributed by atoms with Crippen LogP contribution in [0.3, 0.4) is 0 Å². The van der Waals surface area contributed by atoms with Crippen molar-refractivity contribution in [1.82, 2.24) is 15.4 Å². The van der Waals surface area contributed by atoms with Gasteiger partial charge in [-0.1, -0.05) is 45.2 Å². The summed E-state index contributed by atoms with van der Waals surface area (Å²) in [4.78, 5) is 20.9. The predicted octanol–water partition coefficient (Wildman–Crippen LogP) is 3.98. The summed E-state index contributed by atoms with van der Waals surface area (Å²) < 4.78 is 4.34. The Morgan fingerprint density at radius 3 is 2.80 bits per heavy atom. The van der Waals surface area contributed by atoms with Gasteiger partial charge in [-0.2, -0.15) is 5.43 Å². The lowest BCUT2D eigenvalue weighted by atomic mass is 10.2. The van der Waals surface area contributed by atoms with Gasteiger partial charge in [0.1, 0.15) is 0 Å². The Morgan fingerprint density at radius 2 is 2.00 bits per heavy atom. The first-order valence-corrected chi connectivity index (χ1v) is 8.68. The van der Waals surface area contributed by atoms with E-state index in [0.717, 1.165) is 0 Å². The van der Waals surface area contributed by atoms with Gasteiger partial charge in [-0.3, -0.25) is 5.01 Å². The Kier molecular flexibility index (Phi) is 4.04. The van der Waals surface area contributed by atoms with Crippen molar-refractivity contribution in [2.75, 3.05) is 5.01 Å². The highest BCUT2D eigenvalue weighted by molar-refractivity contribution is 9.09. The molecule has 3 aromatic rings. The molecule has 6 nitrogen and oxygen atoms in total. The van der Waals surface area contributed by atoms with Crippen LogP contribution in [0, 0.1) is 0 Å². The summed E-state index contributed by atoms with van der Waals surface area (Å²) in [6.07, 6.45) is 5.06. The second-order valence-electron chi connectivity index (χ2n) is 5.26. The summed E-state index contributed by atoms with van der Waals surface area (Å²) in [6.45, 7) is 0. The number of hydrazine groups is 1. The molecule has 126 valence electrons. The van der Waals surface area contributed by atoms with Crippen LogP contribution in [0.1, 0.15) is 5.89 Å². The molecule has 1 unspecified atom stereocenters. The zero-order chi connectivity index (χ0) is 17.6. The van der Waals surface area contributed by atoms with Crippen LogP contribution in [0.4, 0.5) is 5.82 Å². The topological polar surface area (TPSA) is 71.3 Å². The van der Waals surface area contributed by atoms with E-state index in [4.69, 9.17) is 27.6 Å². The fraction of sp³-hybridized carbons (Fsp3) is 0.0625. The molecular weight excluding hydrogens is 431 g/mol. The quantitative estimate of drug-likeness (QED) is 0.481. The Balaban J connectivity index is 1.77. The van der Waals surface area contributed by atoms with Gasteiger partial charge < -0.3 is 4.42 Å². The zero-order valence-electron chi connectivity index (χ0n) is 12.4. The smallest absolute Gasteiger partial charge is 0.346 e. The molecule has 0 aliphatic carbocycles. The third-order valence-electron chi connectivity index (χ3n) is 3.62. The van der Waals surface area contributed by atoms with E-state index < -0.39 is 10.1 Å². The number of nitrogens with zero attached hydrogens (tertiary/aromatic N) is 3. The number of aromatic nitrogens is 2. The normalized spacial score (nSPS) is 19.7. The van der Waals surface area contributed by atoms with Gasteiger partial charge in [0, 0.05) is 12.4 Å². The molecule has 2 aromatic heterocycles. The molecule has 0 saturated heterocycles. The highest BCUT2D eigenvalue weighted by Gasteiger charge is 2.38. The van der Waals surface area contributed by atoms with Gasteiger partial charge in [-0.05, 0) is 30.3 Å². The fourth-order valence-corrected chi connectivity index (χ4v) is 3.35. The number of nitrogens with one attached hydrogen (secondary N) is 1. The van der Waals surface area contributed by atoms with E-state index in [2.05, 4.69) is 31.3 Å². The number of hydrogen-bond donors (Lipinski definition) is 1. The number of benzene rings is 1. The van der Waals surface area contributed by atoms with E-state index in [9.17, 15) is 4.79 Å². The molecule has 0 fully saturated rings. The molecule has 1 aliphatic rings. The summed E-state index contributed by atoms with van der Waals surface area (Å²) in [5.74, 6) is 0.617. The third kappa shape index (κ3) is 2.83. The van der Waals surface area contributed by atoms with Crippen molar-refractivity contribution in [3.63, 3.8) is 0 Å². The molecule has 25 heavy (non-hydrogen) atoms. The number of pyridine rings is 1. The van der Waals surface area contributed by atoms with Crippen molar-refractivity contribution in [1.29, 1.82) is 0 Å². The van der Waals surface area contributed by atoms with Crippen LogP contribution >= 0.6 is 39.1 Å². The molecule has 3 heterocycles. The van der Waals surface area contributed by atoms with Crippen LogP contribution < -0.4 is 16.1 Å². The molecule has 0 bridgehead atoms. The molecule has 0 saturated carbocycles. The number of anilines is 1. The van der Waals surface area contributed by atoms with Crippen LogP contribution in [0.25, 0.3) is 10.9 Å². The van der Waals surface area contributed by atoms with E-state index >= 15 is 0 Å². The lowest BCUT2D eigenvalue weighted by Gasteiger charge is -2.24. The Morgan fingerprint density at radius 1 is 1.20 bits per heavy atom. The van der Waals surface area contributed by atoms with Gasteiger partial charge in [-0.25, -0.2) is 14.8 Å².